The van der Waals surface area contributed by atoms with Crippen LogP contribution in [-0.2, 0) is 9.53 Å². The fourth-order valence-corrected chi connectivity index (χ4v) is 2.70. The minimum Gasteiger partial charge on any atom is -0.482 e. The average Bonchev–Trinajstić information content (AvgIpc) is 2.65. The van der Waals surface area contributed by atoms with E-state index in [1.807, 2.05) is 43.3 Å². The standard InChI is InChI=1S/C21H18O5/c1-3-11-24-19(22)13-25-16-9-10-17-14(2)20(15-7-5-4-6-8-15)21(23)26-18(17)12-16/h3-10,12H,1,11,13H2,2H3. The molecule has 0 unspecified atom stereocenters. The number of carbonyl (C=O) groups excluding carboxylic acids is 1. The molecule has 5 nitrogen and oxygen atoms in total. The molecule has 0 spiro atoms. The normalized spacial score (nSPS) is 10.5. The minimum atomic E-state index is -0.498. The topological polar surface area (TPSA) is 65.7 Å². The van der Waals surface area contributed by atoms with Crippen molar-refractivity contribution in [2.45, 2.75) is 6.92 Å². The zero-order valence-corrected chi connectivity index (χ0v) is 14.4. The number of hydrogen-bond acceptors (Lipinski definition) is 5. The van der Waals surface area contributed by atoms with Gasteiger partial charge in [0.15, 0.2) is 6.61 Å². The predicted molar refractivity (Wildman–Crippen MR) is 99.3 cm³/mol. The Labute approximate surface area is 150 Å². The highest BCUT2D eigenvalue weighted by molar-refractivity contribution is 5.87. The first kappa shape index (κ1) is 17.5. The molecular formula is C21H18O5. The van der Waals surface area contributed by atoms with Crippen molar-refractivity contribution >= 4 is 16.9 Å². The summed E-state index contributed by atoms with van der Waals surface area (Å²) < 4.78 is 15.7. The molecule has 3 aromatic rings. The third kappa shape index (κ3) is 3.67. The molecule has 0 aliphatic heterocycles. The maximum atomic E-state index is 12.5. The maximum absolute atomic E-state index is 12.5. The monoisotopic (exact) mass is 350 g/mol. The van der Waals surface area contributed by atoms with Gasteiger partial charge in [-0.3, -0.25) is 0 Å². The van der Waals surface area contributed by atoms with Crippen LogP contribution in [0, 0.1) is 6.92 Å². The number of fused-ring (bicyclic) bond motifs is 1. The fraction of sp³-hybridized carbons (Fsp3) is 0.143. The Kier molecular flexibility index (Phi) is 5.17. The van der Waals surface area contributed by atoms with Crippen LogP contribution in [-0.4, -0.2) is 19.2 Å². The lowest BCUT2D eigenvalue weighted by Crippen LogP contribution is -2.14. The first-order chi connectivity index (χ1) is 12.6. The highest BCUT2D eigenvalue weighted by atomic mass is 16.6. The third-order valence-corrected chi connectivity index (χ3v) is 3.92. The lowest BCUT2D eigenvalue weighted by atomic mass is 10.00. The SMILES string of the molecule is C=CCOC(=O)COc1ccc2c(C)c(-c3ccccc3)c(=O)oc2c1. The number of benzene rings is 2. The molecule has 0 radical (unpaired) electrons. The van der Waals surface area contributed by atoms with Crippen LogP contribution in [0.2, 0.25) is 0 Å². The molecule has 3 rings (SSSR count). The van der Waals surface area contributed by atoms with Crippen molar-refractivity contribution in [3.63, 3.8) is 0 Å². The molecule has 0 saturated carbocycles. The summed E-state index contributed by atoms with van der Waals surface area (Å²) in [4.78, 5) is 23.9. The summed E-state index contributed by atoms with van der Waals surface area (Å²) in [6.07, 6.45) is 1.48. The van der Waals surface area contributed by atoms with Crippen molar-refractivity contribution in [1.29, 1.82) is 0 Å². The van der Waals surface area contributed by atoms with E-state index in [9.17, 15) is 9.59 Å². The van der Waals surface area contributed by atoms with E-state index in [2.05, 4.69) is 6.58 Å². The molecule has 0 bridgehead atoms. The van der Waals surface area contributed by atoms with Gasteiger partial charge in [-0.15, -0.1) is 0 Å². The van der Waals surface area contributed by atoms with Crippen molar-refractivity contribution in [3.05, 3.63) is 77.2 Å². The average molecular weight is 350 g/mol. The van der Waals surface area contributed by atoms with Crippen molar-refractivity contribution in [1.82, 2.24) is 0 Å². The van der Waals surface area contributed by atoms with E-state index in [1.54, 1.807) is 12.1 Å². The van der Waals surface area contributed by atoms with Gasteiger partial charge in [-0.05, 0) is 30.2 Å². The number of hydrogen-bond donors (Lipinski definition) is 0. The Morgan fingerprint density at radius 1 is 1.19 bits per heavy atom. The molecule has 1 aromatic heterocycles. The Hall–Kier alpha value is -3.34. The van der Waals surface area contributed by atoms with Crippen LogP contribution in [0.1, 0.15) is 5.56 Å². The molecule has 5 heteroatoms. The van der Waals surface area contributed by atoms with Gasteiger partial charge in [0.2, 0.25) is 0 Å². The summed E-state index contributed by atoms with van der Waals surface area (Å²) in [5.74, 6) is -0.0786. The number of ether oxygens (including phenoxy) is 2. The van der Waals surface area contributed by atoms with Gasteiger partial charge in [0.1, 0.15) is 17.9 Å². The second-order valence-electron chi connectivity index (χ2n) is 5.67. The van der Waals surface area contributed by atoms with Gasteiger partial charge in [0.05, 0.1) is 5.56 Å². The quantitative estimate of drug-likeness (QED) is 0.383. The summed E-state index contributed by atoms with van der Waals surface area (Å²) in [7, 11) is 0. The summed E-state index contributed by atoms with van der Waals surface area (Å²) in [5, 5.41) is 0.810. The fourth-order valence-electron chi connectivity index (χ4n) is 2.70. The van der Waals surface area contributed by atoms with Crippen LogP contribution in [0.3, 0.4) is 0 Å². The predicted octanol–water partition coefficient (Wildman–Crippen LogP) is 3.88. The number of esters is 1. The smallest absolute Gasteiger partial charge is 0.344 e. The largest absolute Gasteiger partial charge is 0.482 e. The van der Waals surface area contributed by atoms with E-state index in [0.29, 0.717) is 16.9 Å². The van der Waals surface area contributed by atoms with Crippen LogP contribution in [0.15, 0.2) is 70.4 Å². The Bertz CT molecular complexity index is 1000. The van der Waals surface area contributed by atoms with Gasteiger partial charge in [-0.25, -0.2) is 9.59 Å². The molecule has 0 atom stereocenters. The lowest BCUT2D eigenvalue weighted by Gasteiger charge is -2.10. The Morgan fingerprint density at radius 3 is 2.69 bits per heavy atom. The van der Waals surface area contributed by atoms with E-state index in [1.165, 1.54) is 6.08 Å². The Morgan fingerprint density at radius 2 is 1.96 bits per heavy atom. The van der Waals surface area contributed by atoms with E-state index in [4.69, 9.17) is 13.9 Å². The van der Waals surface area contributed by atoms with Crippen molar-refractivity contribution in [2.24, 2.45) is 0 Å². The first-order valence-corrected chi connectivity index (χ1v) is 8.12. The molecule has 0 N–H and O–H groups in total. The molecule has 0 fully saturated rings. The van der Waals surface area contributed by atoms with Gasteiger partial charge in [0, 0.05) is 11.5 Å². The van der Waals surface area contributed by atoms with Gasteiger partial charge in [-0.1, -0.05) is 43.0 Å². The molecule has 1 heterocycles. The van der Waals surface area contributed by atoms with Crippen LogP contribution in [0.5, 0.6) is 5.75 Å². The molecule has 132 valence electrons. The van der Waals surface area contributed by atoms with Crippen LogP contribution < -0.4 is 10.4 Å². The van der Waals surface area contributed by atoms with E-state index in [0.717, 1.165) is 16.5 Å². The molecular weight excluding hydrogens is 332 g/mol. The van der Waals surface area contributed by atoms with Gasteiger partial charge in [-0.2, -0.15) is 0 Å². The van der Waals surface area contributed by atoms with Crippen LogP contribution in [0.25, 0.3) is 22.1 Å². The molecule has 2 aromatic carbocycles. The second kappa shape index (κ2) is 7.70. The summed E-state index contributed by atoms with van der Waals surface area (Å²) in [5.41, 5.74) is 2.18. The zero-order valence-electron chi connectivity index (χ0n) is 14.4. The zero-order chi connectivity index (χ0) is 18.5. The maximum Gasteiger partial charge on any atom is 0.344 e. The first-order valence-electron chi connectivity index (χ1n) is 8.12. The highest BCUT2D eigenvalue weighted by Gasteiger charge is 2.14. The molecule has 0 amide bonds. The van der Waals surface area contributed by atoms with E-state index < -0.39 is 11.6 Å². The minimum absolute atomic E-state index is 0.135. The third-order valence-electron chi connectivity index (χ3n) is 3.92. The van der Waals surface area contributed by atoms with E-state index in [-0.39, 0.29) is 13.2 Å². The molecule has 26 heavy (non-hydrogen) atoms. The highest BCUT2D eigenvalue weighted by Crippen LogP contribution is 2.28. The number of rotatable bonds is 6. The lowest BCUT2D eigenvalue weighted by molar-refractivity contribution is -0.144. The van der Waals surface area contributed by atoms with Crippen LogP contribution >= 0.6 is 0 Å². The van der Waals surface area contributed by atoms with Crippen molar-refractivity contribution in [2.75, 3.05) is 13.2 Å². The molecule has 0 aliphatic carbocycles. The Balaban J connectivity index is 1.91. The molecule has 0 saturated heterocycles. The number of aryl methyl sites for hydroxylation is 1. The van der Waals surface area contributed by atoms with Gasteiger partial charge in [0.25, 0.3) is 0 Å². The van der Waals surface area contributed by atoms with E-state index >= 15 is 0 Å². The number of carbonyl (C=O) groups is 1. The summed E-state index contributed by atoms with van der Waals surface area (Å²) >= 11 is 0. The summed E-state index contributed by atoms with van der Waals surface area (Å²) in [6.45, 7) is 5.26. The van der Waals surface area contributed by atoms with Gasteiger partial charge >= 0.3 is 11.6 Å². The van der Waals surface area contributed by atoms with Crippen LogP contribution in [0.4, 0.5) is 0 Å². The van der Waals surface area contributed by atoms with Crippen molar-refractivity contribution in [3.8, 4) is 16.9 Å². The summed E-state index contributed by atoms with van der Waals surface area (Å²) in [6, 6.07) is 14.5. The second-order valence-corrected chi connectivity index (χ2v) is 5.67. The van der Waals surface area contributed by atoms with Crippen molar-refractivity contribution < 1.29 is 18.7 Å². The van der Waals surface area contributed by atoms with Gasteiger partial charge < -0.3 is 13.9 Å². The molecule has 0 aliphatic rings.